The van der Waals surface area contributed by atoms with E-state index in [9.17, 15) is 0 Å². The van der Waals surface area contributed by atoms with Crippen LogP contribution in [0.5, 0.6) is 0 Å². The standard InChI is InChI=1S/C30H34N4/c1-30(2)26-16-10-11-17-27(26)32(3)28(30)18-19-31-34-22-20-33(21-23-34)29(24-12-6-4-7-13-24)25-14-8-5-9-15-25/h4-19,29H,20-23H2,1-3H3/p+1/b28-18-,31-19-. The number of nitrogens with one attached hydrogen (secondary N) is 1. The van der Waals surface area contributed by atoms with Crippen molar-refractivity contribution in [3.8, 4) is 0 Å². The quantitative estimate of drug-likeness (QED) is 0.586. The molecule has 0 saturated carbocycles. The SMILES string of the molecule is CN1/C(=C\C=N/N2CC[NH+](C(c3ccccc3)c3ccccc3)CC2)C(C)(C)c2ccccc21. The lowest BCUT2D eigenvalue weighted by Crippen LogP contribution is -3.15. The highest BCUT2D eigenvalue weighted by molar-refractivity contribution is 5.79. The van der Waals surface area contributed by atoms with E-state index in [2.05, 4.69) is 122 Å². The molecule has 0 spiro atoms. The minimum atomic E-state index is -0.0151. The van der Waals surface area contributed by atoms with Crippen LogP contribution in [0.1, 0.15) is 36.6 Å². The number of para-hydroxylation sites is 1. The average molecular weight is 452 g/mol. The first-order valence-electron chi connectivity index (χ1n) is 12.3. The second-order valence-corrected chi connectivity index (χ2v) is 9.88. The van der Waals surface area contributed by atoms with Gasteiger partial charge in [0.2, 0.25) is 0 Å². The predicted octanol–water partition coefficient (Wildman–Crippen LogP) is 4.27. The first kappa shape index (κ1) is 22.4. The lowest BCUT2D eigenvalue weighted by atomic mass is 9.84. The zero-order valence-corrected chi connectivity index (χ0v) is 20.5. The Morgan fingerprint density at radius 1 is 0.824 bits per heavy atom. The summed E-state index contributed by atoms with van der Waals surface area (Å²) in [5, 5.41) is 7.07. The molecular formula is C30H35N4+. The van der Waals surface area contributed by atoms with Gasteiger partial charge in [0.25, 0.3) is 0 Å². The molecule has 1 saturated heterocycles. The number of anilines is 1. The van der Waals surface area contributed by atoms with Gasteiger partial charge >= 0.3 is 0 Å². The van der Waals surface area contributed by atoms with Crippen LogP contribution in [0.3, 0.4) is 0 Å². The summed E-state index contributed by atoms with van der Waals surface area (Å²) in [6, 6.07) is 30.9. The van der Waals surface area contributed by atoms with Gasteiger partial charge in [-0.1, -0.05) is 92.7 Å². The number of fused-ring (bicyclic) bond motifs is 1. The molecule has 3 aromatic carbocycles. The van der Waals surface area contributed by atoms with Crippen LogP contribution in [-0.2, 0) is 5.41 Å². The monoisotopic (exact) mass is 451 g/mol. The van der Waals surface area contributed by atoms with Gasteiger partial charge in [-0.25, -0.2) is 0 Å². The number of piperazine rings is 1. The van der Waals surface area contributed by atoms with E-state index >= 15 is 0 Å². The summed E-state index contributed by atoms with van der Waals surface area (Å²) in [6.07, 6.45) is 4.19. The van der Waals surface area contributed by atoms with Gasteiger partial charge < -0.3 is 9.80 Å². The molecule has 4 nitrogen and oxygen atoms in total. The second-order valence-electron chi connectivity index (χ2n) is 9.88. The Bertz CT molecular complexity index is 1120. The molecule has 0 aliphatic carbocycles. The molecule has 0 radical (unpaired) electrons. The van der Waals surface area contributed by atoms with E-state index in [1.54, 1.807) is 4.90 Å². The average Bonchev–Trinajstić information content (AvgIpc) is 3.07. The molecule has 0 bridgehead atoms. The normalized spacial score (nSPS) is 19.4. The van der Waals surface area contributed by atoms with Crippen LogP contribution in [0.4, 0.5) is 5.69 Å². The van der Waals surface area contributed by atoms with Crippen LogP contribution in [0.15, 0.2) is 102 Å². The molecule has 1 N–H and O–H groups in total. The van der Waals surface area contributed by atoms with Crippen molar-refractivity contribution in [3.05, 3.63) is 113 Å². The maximum atomic E-state index is 4.84. The number of rotatable bonds is 5. The van der Waals surface area contributed by atoms with E-state index in [0.717, 1.165) is 26.2 Å². The highest BCUT2D eigenvalue weighted by Crippen LogP contribution is 2.46. The van der Waals surface area contributed by atoms with Crippen LogP contribution in [0.2, 0.25) is 0 Å². The largest absolute Gasteiger partial charge is 0.347 e. The lowest BCUT2D eigenvalue weighted by molar-refractivity contribution is -0.929. The second kappa shape index (κ2) is 9.47. The van der Waals surface area contributed by atoms with E-state index in [0.29, 0.717) is 6.04 Å². The van der Waals surface area contributed by atoms with E-state index in [1.165, 1.54) is 28.1 Å². The van der Waals surface area contributed by atoms with Gasteiger partial charge in [-0.05, 0) is 17.7 Å². The number of likely N-dealkylation sites (N-methyl/N-ethyl adjacent to an activating group) is 1. The third kappa shape index (κ3) is 4.26. The minimum absolute atomic E-state index is 0.0151. The Kier molecular flexibility index (Phi) is 6.25. The van der Waals surface area contributed by atoms with Crippen LogP contribution in [-0.4, -0.2) is 44.5 Å². The summed E-state index contributed by atoms with van der Waals surface area (Å²) in [5.41, 5.74) is 6.71. The van der Waals surface area contributed by atoms with Gasteiger partial charge in [0.1, 0.15) is 6.04 Å². The van der Waals surface area contributed by atoms with Crippen molar-refractivity contribution in [2.45, 2.75) is 25.3 Å². The fraction of sp³-hybridized carbons (Fsp3) is 0.300. The third-order valence-corrected chi connectivity index (χ3v) is 7.46. The van der Waals surface area contributed by atoms with Gasteiger partial charge in [-0.2, -0.15) is 5.10 Å². The first-order chi connectivity index (χ1) is 16.6. The third-order valence-electron chi connectivity index (χ3n) is 7.46. The highest BCUT2D eigenvalue weighted by atomic mass is 15.5. The topological polar surface area (TPSA) is 23.3 Å². The van der Waals surface area contributed by atoms with Gasteiger partial charge in [0.15, 0.2) is 0 Å². The summed E-state index contributed by atoms with van der Waals surface area (Å²) >= 11 is 0. The van der Waals surface area contributed by atoms with Gasteiger partial charge in [-0.15, -0.1) is 0 Å². The van der Waals surface area contributed by atoms with Crippen LogP contribution in [0, 0.1) is 0 Å². The van der Waals surface area contributed by atoms with Crippen LogP contribution in [0.25, 0.3) is 0 Å². The van der Waals surface area contributed by atoms with E-state index in [1.807, 2.05) is 6.21 Å². The number of allylic oxidation sites excluding steroid dienone is 2. The number of hydrazone groups is 1. The molecule has 2 aliphatic rings. The molecular weight excluding hydrogens is 416 g/mol. The fourth-order valence-corrected chi connectivity index (χ4v) is 5.64. The molecule has 0 atom stereocenters. The fourth-order valence-electron chi connectivity index (χ4n) is 5.64. The number of hydrogen-bond acceptors (Lipinski definition) is 3. The predicted molar refractivity (Wildman–Crippen MR) is 141 cm³/mol. The Morgan fingerprint density at radius 2 is 1.38 bits per heavy atom. The first-order valence-corrected chi connectivity index (χ1v) is 12.3. The zero-order valence-electron chi connectivity index (χ0n) is 20.5. The molecule has 1 fully saturated rings. The summed E-state index contributed by atoms with van der Waals surface area (Å²) in [4.78, 5) is 3.91. The van der Waals surface area contributed by atoms with Crippen molar-refractivity contribution in [2.75, 3.05) is 38.1 Å². The van der Waals surface area contributed by atoms with Crippen LogP contribution >= 0.6 is 0 Å². The Balaban J connectivity index is 1.27. The molecule has 2 aliphatic heterocycles. The molecule has 3 aromatic rings. The van der Waals surface area contributed by atoms with Gasteiger partial charge in [0, 0.05) is 41.2 Å². The summed E-state index contributed by atoms with van der Waals surface area (Å²) in [5.74, 6) is 0. The summed E-state index contributed by atoms with van der Waals surface area (Å²) in [7, 11) is 2.16. The molecule has 2 heterocycles. The molecule has 0 amide bonds. The number of hydrogen-bond donors (Lipinski definition) is 1. The van der Waals surface area contributed by atoms with E-state index in [4.69, 9.17) is 5.10 Å². The Morgan fingerprint density at radius 3 is 1.97 bits per heavy atom. The van der Waals surface area contributed by atoms with Crippen molar-refractivity contribution in [1.82, 2.24) is 5.01 Å². The number of quaternary nitrogens is 1. The molecule has 0 aromatic heterocycles. The summed E-state index contributed by atoms with van der Waals surface area (Å²) in [6.45, 7) is 8.66. The zero-order chi connectivity index (χ0) is 23.5. The smallest absolute Gasteiger partial charge is 0.139 e. The van der Waals surface area contributed by atoms with Crippen molar-refractivity contribution in [2.24, 2.45) is 5.10 Å². The highest BCUT2D eigenvalue weighted by Gasteiger charge is 2.37. The van der Waals surface area contributed by atoms with Crippen molar-refractivity contribution < 1.29 is 4.90 Å². The maximum Gasteiger partial charge on any atom is 0.139 e. The van der Waals surface area contributed by atoms with Crippen LogP contribution < -0.4 is 9.80 Å². The van der Waals surface area contributed by atoms with Gasteiger partial charge in [0.05, 0.1) is 26.2 Å². The molecule has 5 rings (SSSR count). The Hall–Kier alpha value is -3.37. The molecule has 174 valence electrons. The molecule has 0 unspecified atom stereocenters. The van der Waals surface area contributed by atoms with Gasteiger partial charge in [-0.3, -0.25) is 5.01 Å². The number of nitrogens with zero attached hydrogens (tertiary/aromatic N) is 3. The molecule has 4 heteroatoms. The Labute approximate surface area is 203 Å². The molecule has 34 heavy (non-hydrogen) atoms. The summed E-state index contributed by atoms with van der Waals surface area (Å²) < 4.78 is 0. The van der Waals surface area contributed by atoms with Crippen molar-refractivity contribution in [1.29, 1.82) is 0 Å². The number of benzene rings is 3. The minimum Gasteiger partial charge on any atom is -0.347 e. The van der Waals surface area contributed by atoms with Crippen molar-refractivity contribution in [3.63, 3.8) is 0 Å². The van der Waals surface area contributed by atoms with E-state index in [-0.39, 0.29) is 5.41 Å². The van der Waals surface area contributed by atoms with E-state index < -0.39 is 0 Å². The lowest BCUT2D eigenvalue weighted by Gasteiger charge is -2.36. The van der Waals surface area contributed by atoms with Crippen molar-refractivity contribution >= 4 is 11.9 Å². The maximum absolute atomic E-state index is 4.84.